The first kappa shape index (κ1) is 14.2. The summed E-state index contributed by atoms with van der Waals surface area (Å²) in [7, 11) is 0. The first-order chi connectivity index (χ1) is 8.24. The van der Waals surface area contributed by atoms with Gasteiger partial charge in [-0.2, -0.15) is 13.2 Å². The number of aliphatic hydroxyl groups is 1. The molecule has 0 radical (unpaired) electrons. The van der Waals surface area contributed by atoms with Gasteiger partial charge in [0.2, 0.25) is 12.1 Å². The molecule has 0 spiro atoms. The number of benzene rings is 1. The van der Waals surface area contributed by atoms with Crippen LogP contribution in [0.5, 0.6) is 0 Å². The monoisotopic (exact) mass is 261 g/mol. The fraction of sp³-hybridized carbons (Fsp3) is 0.273. The lowest BCUT2D eigenvalue weighted by Gasteiger charge is -2.23. The third kappa shape index (κ3) is 3.56. The number of rotatable bonds is 4. The van der Waals surface area contributed by atoms with Gasteiger partial charge in [0.05, 0.1) is 0 Å². The number of nitrogens with zero attached hydrogens (tertiary/aromatic N) is 1. The fourth-order valence-corrected chi connectivity index (χ4v) is 1.23. The Kier molecular flexibility index (Phi) is 4.07. The third-order valence-corrected chi connectivity index (χ3v) is 2.21. The van der Waals surface area contributed by atoms with Crippen molar-refractivity contribution in [3.05, 3.63) is 52.1 Å². The van der Waals surface area contributed by atoms with Crippen LogP contribution in [0.1, 0.15) is 5.56 Å². The average molecular weight is 261 g/mol. The van der Waals surface area contributed by atoms with Crippen LogP contribution in [-0.2, 0) is 0 Å². The highest BCUT2D eigenvalue weighted by Gasteiger charge is 2.55. The molecule has 0 aliphatic rings. The van der Waals surface area contributed by atoms with Gasteiger partial charge < -0.3 is 5.11 Å². The van der Waals surface area contributed by atoms with Crippen LogP contribution in [0.25, 0.3) is 6.08 Å². The summed E-state index contributed by atoms with van der Waals surface area (Å²) in [6, 6.07) is 7.89. The molecule has 1 N–H and O–H groups in total. The van der Waals surface area contributed by atoms with Gasteiger partial charge in [-0.3, -0.25) is 10.1 Å². The van der Waals surface area contributed by atoms with Gasteiger partial charge in [-0.1, -0.05) is 36.4 Å². The van der Waals surface area contributed by atoms with Gasteiger partial charge in [-0.25, -0.2) is 0 Å². The average Bonchev–Trinajstić information content (AvgIpc) is 2.25. The van der Waals surface area contributed by atoms with Crippen molar-refractivity contribution in [1.29, 1.82) is 0 Å². The Balaban J connectivity index is 2.99. The summed E-state index contributed by atoms with van der Waals surface area (Å²) < 4.78 is 37.7. The zero-order valence-corrected chi connectivity index (χ0v) is 9.09. The molecule has 1 aromatic rings. The second-order valence-electron chi connectivity index (χ2n) is 3.66. The first-order valence-corrected chi connectivity index (χ1v) is 4.90. The van der Waals surface area contributed by atoms with Crippen LogP contribution in [-0.4, -0.2) is 28.4 Å². The molecule has 0 amide bonds. The minimum atomic E-state index is -5.11. The molecule has 18 heavy (non-hydrogen) atoms. The Morgan fingerprint density at radius 3 is 2.28 bits per heavy atom. The van der Waals surface area contributed by atoms with E-state index in [9.17, 15) is 28.4 Å². The van der Waals surface area contributed by atoms with Crippen molar-refractivity contribution in [3.63, 3.8) is 0 Å². The Morgan fingerprint density at radius 1 is 1.28 bits per heavy atom. The molecular formula is C11H10F3NO3. The van der Waals surface area contributed by atoms with Crippen molar-refractivity contribution in [2.45, 2.75) is 11.8 Å². The molecule has 98 valence electrons. The smallest absolute Gasteiger partial charge is 0.372 e. The number of halogens is 3. The molecule has 0 aromatic heterocycles. The van der Waals surface area contributed by atoms with Gasteiger partial charge in [0.25, 0.3) is 0 Å². The molecule has 1 atom stereocenters. The van der Waals surface area contributed by atoms with Crippen molar-refractivity contribution >= 4 is 6.08 Å². The van der Waals surface area contributed by atoms with Crippen molar-refractivity contribution in [2.75, 3.05) is 6.54 Å². The van der Waals surface area contributed by atoms with Crippen LogP contribution < -0.4 is 0 Å². The predicted octanol–water partition coefficient (Wildman–Crippen LogP) is 2.27. The molecular weight excluding hydrogens is 251 g/mol. The highest BCUT2D eigenvalue weighted by atomic mass is 19.4. The molecule has 7 heteroatoms. The molecule has 0 aliphatic carbocycles. The van der Waals surface area contributed by atoms with E-state index in [0.717, 1.165) is 6.08 Å². The third-order valence-electron chi connectivity index (χ3n) is 2.21. The lowest BCUT2D eigenvalue weighted by Crippen LogP contribution is -2.48. The van der Waals surface area contributed by atoms with Crippen LogP contribution >= 0.6 is 0 Å². The molecule has 0 unspecified atom stereocenters. The maximum atomic E-state index is 12.6. The van der Waals surface area contributed by atoms with E-state index in [1.54, 1.807) is 18.2 Å². The van der Waals surface area contributed by atoms with Gasteiger partial charge in [0.1, 0.15) is 0 Å². The topological polar surface area (TPSA) is 63.4 Å². The van der Waals surface area contributed by atoms with Crippen LogP contribution in [0.2, 0.25) is 0 Å². The minimum absolute atomic E-state index is 0.394. The normalized spacial score (nSPS) is 15.6. The summed E-state index contributed by atoms with van der Waals surface area (Å²) in [5.41, 5.74) is -3.06. The Morgan fingerprint density at radius 2 is 1.83 bits per heavy atom. The molecule has 1 aromatic carbocycles. The maximum Gasteiger partial charge on any atom is 0.427 e. The van der Waals surface area contributed by atoms with E-state index in [2.05, 4.69) is 0 Å². The molecule has 1 rings (SSSR count). The Bertz CT molecular complexity index is 445. The lowest BCUT2D eigenvalue weighted by atomic mass is 10.0. The van der Waals surface area contributed by atoms with Crippen molar-refractivity contribution in [3.8, 4) is 0 Å². The van der Waals surface area contributed by atoms with E-state index in [1.165, 1.54) is 12.1 Å². The SMILES string of the molecule is O=[N+]([O-])C[C@@](O)(C=Cc1ccccc1)C(F)(F)F. The first-order valence-electron chi connectivity index (χ1n) is 4.90. The van der Waals surface area contributed by atoms with Crippen LogP contribution in [0.15, 0.2) is 36.4 Å². The summed E-state index contributed by atoms with van der Waals surface area (Å²) in [4.78, 5) is 8.98. The van der Waals surface area contributed by atoms with E-state index in [4.69, 9.17) is 0 Å². The van der Waals surface area contributed by atoms with Crippen molar-refractivity contribution in [1.82, 2.24) is 0 Å². The highest BCUT2D eigenvalue weighted by molar-refractivity contribution is 5.50. The second-order valence-corrected chi connectivity index (χ2v) is 3.66. The lowest BCUT2D eigenvalue weighted by molar-refractivity contribution is -0.510. The summed E-state index contributed by atoms with van der Waals surface area (Å²) in [6.07, 6.45) is -3.71. The van der Waals surface area contributed by atoms with E-state index in [1.807, 2.05) is 0 Å². The number of hydrogen-bond donors (Lipinski definition) is 1. The van der Waals surface area contributed by atoms with E-state index in [-0.39, 0.29) is 0 Å². The van der Waals surface area contributed by atoms with Gasteiger partial charge >= 0.3 is 6.18 Å². The quantitative estimate of drug-likeness (QED) is 0.668. The van der Waals surface area contributed by atoms with E-state index >= 15 is 0 Å². The Hall–Kier alpha value is -1.89. The Labute approximate surface area is 101 Å². The molecule has 0 aliphatic heterocycles. The van der Waals surface area contributed by atoms with Gasteiger partial charge in [0, 0.05) is 4.92 Å². The van der Waals surface area contributed by atoms with Gasteiger partial charge in [0.15, 0.2) is 0 Å². The van der Waals surface area contributed by atoms with Crippen LogP contribution in [0.4, 0.5) is 13.2 Å². The number of alkyl halides is 3. The van der Waals surface area contributed by atoms with Crippen LogP contribution in [0.3, 0.4) is 0 Å². The summed E-state index contributed by atoms with van der Waals surface area (Å²) in [5.74, 6) is 0. The van der Waals surface area contributed by atoms with Gasteiger partial charge in [-0.05, 0) is 11.6 Å². The fourth-order valence-electron chi connectivity index (χ4n) is 1.23. The number of nitro groups is 1. The van der Waals surface area contributed by atoms with Crippen LogP contribution in [0, 0.1) is 10.1 Å². The standard InChI is InChI=1S/C11H10F3NO3/c12-11(13,14)10(16,8-15(17)18)7-6-9-4-2-1-3-5-9/h1-7,16H,8H2/t10-/m0/s1. The van der Waals surface area contributed by atoms with Crippen molar-refractivity contribution in [2.24, 2.45) is 0 Å². The van der Waals surface area contributed by atoms with E-state index < -0.39 is 23.2 Å². The zero-order valence-electron chi connectivity index (χ0n) is 9.09. The van der Waals surface area contributed by atoms with Crippen molar-refractivity contribution < 1.29 is 23.2 Å². The minimum Gasteiger partial charge on any atom is -0.372 e. The second kappa shape index (κ2) is 5.18. The number of hydrogen-bond acceptors (Lipinski definition) is 3. The molecule has 0 heterocycles. The molecule has 0 fully saturated rings. The zero-order chi connectivity index (χ0) is 13.8. The summed E-state index contributed by atoms with van der Waals surface area (Å²) >= 11 is 0. The maximum absolute atomic E-state index is 12.6. The largest absolute Gasteiger partial charge is 0.427 e. The summed E-state index contributed by atoms with van der Waals surface area (Å²) in [5, 5.41) is 19.5. The predicted molar refractivity (Wildman–Crippen MR) is 58.3 cm³/mol. The highest BCUT2D eigenvalue weighted by Crippen LogP contribution is 2.32. The molecule has 4 nitrogen and oxygen atoms in total. The molecule has 0 saturated heterocycles. The van der Waals surface area contributed by atoms with E-state index in [0.29, 0.717) is 11.6 Å². The molecule has 0 bridgehead atoms. The summed E-state index contributed by atoms with van der Waals surface area (Å²) in [6.45, 7) is -1.63. The molecule has 0 saturated carbocycles. The van der Waals surface area contributed by atoms with Gasteiger partial charge in [-0.15, -0.1) is 0 Å².